The van der Waals surface area contributed by atoms with Crippen LogP contribution in [0.5, 0.6) is 5.75 Å². The predicted molar refractivity (Wildman–Crippen MR) is 66.0 cm³/mol. The minimum atomic E-state index is 0.589. The van der Waals surface area contributed by atoms with Crippen molar-refractivity contribution in [3.05, 3.63) is 35.5 Å². The first-order chi connectivity index (χ1) is 8.26. The summed E-state index contributed by atoms with van der Waals surface area (Å²) in [4.78, 5) is 0. The van der Waals surface area contributed by atoms with Gasteiger partial charge in [-0.1, -0.05) is 5.16 Å². The zero-order valence-electron chi connectivity index (χ0n) is 10.1. The first-order valence-corrected chi connectivity index (χ1v) is 5.56. The SMILES string of the molecule is COc1ccc(-c2onc(C)c2CCN)cc1. The highest BCUT2D eigenvalue weighted by Gasteiger charge is 2.13. The largest absolute Gasteiger partial charge is 0.497 e. The van der Waals surface area contributed by atoms with Gasteiger partial charge in [0.25, 0.3) is 0 Å². The first kappa shape index (κ1) is 11.7. The summed E-state index contributed by atoms with van der Waals surface area (Å²) in [5.74, 6) is 1.63. The number of benzene rings is 1. The topological polar surface area (TPSA) is 61.3 Å². The molecule has 1 aromatic carbocycles. The van der Waals surface area contributed by atoms with Crippen LogP contribution in [0.25, 0.3) is 11.3 Å². The molecule has 90 valence electrons. The van der Waals surface area contributed by atoms with E-state index in [9.17, 15) is 0 Å². The van der Waals surface area contributed by atoms with Gasteiger partial charge in [-0.2, -0.15) is 0 Å². The summed E-state index contributed by atoms with van der Waals surface area (Å²) in [5.41, 5.74) is 8.57. The molecule has 2 rings (SSSR count). The molecule has 0 bridgehead atoms. The number of rotatable bonds is 4. The summed E-state index contributed by atoms with van der Waals surface area (Å²) in [6.45, 7) is 2.52. The Balaban J connectivity index is 2.38. The number of nitrogens with zero attached hydrogens (tertiary/aromatic N) is 1. The van der Waals surface area contributed by atoms with E-state index in [2.05, 4.69) is 5.16 Å². The normalized spacial score (nSPS) is 10.5. The quantitative estimate of drug-likeness (QED) is 0.877. The number of hydrogen-bond donors (Lipinski definition) is 1. The molecule has 4 nitrogen and oxygen atoms in total. The molecule has 1 aromatic heterocycles. The molecule has 0 radical (unpaired) electrons. The lowest BCUT2D eigenvalue weighted by Crippen LogP contribution is -2.04. The molecule has 0 saturated carbocycles. The Labute approximate surface area is 100 Å². The van der Waals surface area contributed by atoms with Crippen LogP contribution in [0.2, 0.25) is 0 Å². The molecule has 0 atom stereocenters. The third-order valence-corrected chi connectivity index (χ3v) is 2.73. The van der Waals surface area contributed by atoms with Crippen molar-refractivity contribution in [3.8, 4) is 17.1 Å². The Morgan fingerprint density at radius 2 is 2.00 bits per heavy atom. The van der Waals surface area contributed by atoms with Crippen molar-refractivity contribution in [2.45, 2.75) is 13.3 Å². The van der Waals surface area contributed by atoms with E-state index in [1.165, 1.54) is 0 Å². The smallest absolute Gasteiger partial charge is 0.170 e. The second-order valence-electron chi connectivity index (χ2n) is 3.84. The Kier molecular flexibility index (Phi) is 3.44. The van der Waals surface area contributed by atoms with Crippen LogP contribution in [0.3, 0.4) is 0 Å². The lowest BCUT2D eigenvalue weighted by molar-refractivity contribution is 0.414. The highest BCUT2D eigenvalue weighted by atomic mass is 16.5. The van der Waals surface area contributed by atoms with Gasteiger partial charge in [-0.05, 0) is 44.2 Å². The lowest BCUT2D eigenvalue weighted by atomic mass is 10.0. The molecule has 0 unspecified atom stereocenters. The van der Waals surface area contributed by atoms with Crippen LogP contribution in [0.4, 0.5) is 0 Å². The molecule has 2 N–H and O–H groups in total. The molecule has 0 spiro atoms. The fourth-order valence-corrected chi connectivity index (χ4v) is 1.80. The monoisotopic (exact) mass is 232 g/mol. The van der Waals surface area contributed by atoms with Gasteiger partial charge >= 0.3 is 0 Å². The van der Waals surface area contributed by atoms with E-state index in [0.717, 1.165) is 34.8 Å². The van der Waals surface area contributed by atoms with Crippen LogP contribution in [0, 0.1) is 6.92 Å². The summed E-state index contributed by atoms with van der Waals surface area (Å²) in [5, 5.41) is 3.99. The number of hydrogen-bond acceptors (Lipinski definition) is 4. The van der Waals surface area contributed by atoms with Crippen LogP contribution < -0.4 is 10.5 Å². The lowest BCUT2D eigenvalue weighted by Gasteiger charge is -2.02. The van der Waals surface area contributed by atoms with Crippen LogP contribution in [0.1, 0.15) is 11.3 Å². The molecule has 17 heavy (non-hydrogen) atoms. The third kappa shape index (κ3) is 2.31. The molecular weight excluding hydrogens is 216 g/mol. The third-order valence-electron chi connectivity index (χ3n) is 2.73. The molecular formula is C13H16N2O2. The number of methoxy groups -OCH3 is 1. The maximum absolute atomic E-state index is 5.59. The van der Waals surface area contributed by atoms with E-state index in [-0.39, 0.29) is 0 Å². The van der Waals surface area contributed by atoms with Crippen molar-refractivity contribution < 1.29 is 9.26 Å². The van der Waals surface area contributed by atoms with Gasteiger partial charge in [-0.3, -0.25) is 0 Å². The summed E-state index contributed by atoms with van der Waals surface area (Å²) >= 11 is 0. The predicted octanol–water partition coefficient (Wildman–Crippen LogP) is 2.16. The van der Waals surface area contributed by atoms with Crippen molar-refractivity contribution in [2.75, 3.05) is 13.7 Å². The van der Waals surface area contributed by atoms with E-state index < -0.39 is 0 Å². The summed E-state index contributed by atoms with van der Waals surface area (Å²) in [6.07, 6.45) is 0.774. The Bertz CT molecular complexity index is 489. The van der Waals surface area contributed by atoms with Crippen molar-refractivity contribution in [1.29, 1.82) is 0 Å². The van der Waals surface area contributed by atoms with Crippen molar-refractivity contribution >= 4 is 0 Å². The highest BCUT2D eigenvalue weighted by molar-refractivity contribution is 5.62. The van der Waals surface area contributed by atoms with Gasteiger partial charge in [-0.15, -0.1) is 0 Å². The fourth-order valence-electron chi connectivity index (χ4n) is 1.80. The average Bonchev–Trinajstić information content (AvgIpc) is 2.72. The zero-order chi connectivity index (χ0) is 12.3. The summed E-state index contributed by atoms with van der Waals surface area (Å²) < 4.78 is 10.5. The standard InChI is InChI=1S/C13H16N2O2/c1-9-12(7-8-14)13(17-15-9)10-3-5-11(16-2)6-4-10/h3-6H,7-8,14H2,1-2H3. The van der Waals surface area contributed by atoms with Crippen LogP contribution in [-0.4, -0.2) is 18.8 Å². The number of ether oxygens (including phenoxy) is 1. The first-order valence-electron chi connectivity index (χ1n) is 5.56. The fraction of sp³-hybridized carbons (Fsp3) is 0.308. The minimum Gasteiger partial charge on any atom is -0.497 e. The van der Waals surface area contributed by atoms with Gasteiger partial charge in [0, 0.05) is 11.1 Å². The second kappa shape index (κ2) is 5.01. The summed E-state index contributed by atoms with van der Waals surface area (Å²) in [7, 11) is 1.65. The molecule has 0 aliphatic carbocycles. The van der Waals surface area contributed by atoms with Crippen molar-refractivity contribution in [1.82, 2.24) is 5.16 Å². The number of aryl methyl sites for hydroxylation is 1. The van der Waals surface area contributed by atoms with E-state index in [1.54, 1.807) is 7.11 Å². The minimum absolute atomic E-state index is 0.589. The Morgan fingerprint density at radius 3 is 2.59 bits per heavy atom. The maximum atomic E-state index is 5.59. The Hall–Kier alpha value is -1.81. The molecule has 0 fully saturated rings. The molecule has 2 aromatic rings. The molecule has 4 heteroatoms. The average molecular weight is 232 g/mol. The molecule has 0 saturated heterocycles. The molecule has 0 aliphatic heterocycles. The van der Waals surface area contributed by atoms with E-state index in [1.807, 2.05) is 31.2 Å². The summed E-state index contributed by atoms with van der Waals surface area (Å²) in [6, 6.07) is 7.72. The van der Waals surface area contributed by atoms with Crippen molar-refractivity contribution in [3.63, 3.8) is 0 Å². The van der Waals surface area contributed by atoms with Crippen molar-refractivity contribution in [2.24, 2.45) is 5.73 Å². The van der Waals surface area contributed by atoms with E-state index in [4.69, 9.17) is 15.0 Å². The van der Waals surface area contributed by atoms with Gasteiger partial charge < -0.3 is 15.0 Å². The highest BCUT2D eigenvalue weighted by Crippen LogP contribution is 2.27. The molecule has 0 aliphatic rings. The van der Waals surface area contributed by atoms with Crippen LogP contribution in [-0.2, 0) is 6.42 Å². The zero-order valence-corrected chi connectivity index (χ0v) is 10.1. The van der Waals surface area contributed by atoms with Gasteiger partial charge in [0.1, 0.15) is 5.75 Å². The molecule has 0 amide bonds. The molecule has 1 heterocycles. The number of aromatic nitrogens is 1. The van der Waals surface area contributed by atoms with E-state index >= 15 is 0 Å². The Morgan fingerprint density at radius 1 is 1.29 bits per heavy atom. The van der Waals surface area contributed by atoms with Gasteiger partial charge in [0.15, 0.2) is 5.76 Å². The van der Waals surface area contributed by atoms with Gasteiger partial charge in [-0.25, -0.2) is 0 Å². The van der Waals surface area contributed by atoms with E-state index in [0.29, 0.717) is 6.54 Å². The maximum Gasteiger partial charge on any atom is 0.170 e. The second-order valence-corrected chi connectivity index (χ2v) is 3.84. The van der Waals surface area contributed by atoms with Crippen LogP contribution >= 0.6 is 0 Å². The van der Waals surface area contributed by atoms with Gasteiger partial charge in [0.2, 0.25) is 0 Å². The number of nitrogens with two attached hydrogens (primary N) is 1. The van der Waals surface area contributed by atoms with Crippen LogP contribution in [0.15, 0.2) is 28.8 Å². The van der Waals surface area contributed by atoms with Gasteiger partial charge in [0.05, 0.1) is 12.8 Å².